The number of anilines is 1. The summed E-state index contributed by atoms with van der Waals surface area (Å²) in [6.07, 6.45) is 2.71. The van der Waals surface area contributed by atoms with Crippen molar-refractivity contribution in [3.05, 3.63) is 29.6 Å². The lowest BCUT2D eigenvalue weighted by Crippen LogP contribution is -2.48. The zero-order valence-corrected chi connectivity index (χ0v) is 12.2. The number of rotatable bonds is 4. The van der Waals surface area contributed by atoms with Gasteiger partial charge in [0, 0.05) is 30.9 Å². The number of nitrogens with zero attached hydrogens (tertiary/aromatic N) is 1. The lowest BCUT2D eigenvalue weighted by Gasteiger charge is -2.39. The van der Waals surface area contributed by atoms with Crippen LogP contribution in [0, 0.1) is 5.82 Å². The normalized spacial score (nSPS) is 26.9. The molecule has 2 unspecified atom stereocenters. The minimum absolute atomic E-state index is 0.157. The van der Waals surface area contributed by atoms with Crippen molar-refractivity contribution in [2.45, 2.75) is 51.4 Å². The third-order valence-electron chi connectivity index (χ3n) is 4.12. The fraction of sp³-hybridized carbons (Fsp3) is 0.625. The van der Waals surface area contributed by atoms with Crippen LogP contribution in [0.15, 0.2) is 18.2 Å². The van der Waals surface area contributed by atoms with Crippen LogP contribution in [-0.4, -0.2) is 31.3 Å². The summed E-state index contributed by atoms with van der Waals surface area (Å²) in [7, 11) is 0. The summed E-state index contributed by atoms with van der Waals surface area (Å²) in [6.45, 7) is 6.59. The van der Waals surface area contributed by atoms with Crippen molar-refractivity contribution in [3.8, 4) is 0 Å². The quantitative estimate of drug-likeness (QED) is 0.916. The van der Waals surface area contributed by atoms with Gasteiger partial charge in [-0.2, -0.15) is 0 Å². The van der Waals surface area contributed by atoms with Crippen LogP contribution in [0.5, 0.6) is 0 Å². The number of nitrogens with one attached hydrogen (secondary N) is 1. The van der Waals surface area contributed by atoms with Gasteiger partial charge >= 0.3 is 0 Å². The molecule has 0 amide bonds. The molecule has 1 aliphatic heterocycles. The Labute approximate surface area is 120 Å². The molecule has 1 aliphatic carbocycles. The van der Waals surface area contributed by atoms with Crippen molar-refractivity contribution in [2.24, 2.45) is 0 Å². The Balaban J connectivity index is 1.82. The molecule has 1 heterocycles. The van der Waals surface area contributed by atoms with Gasteiger partial charge in [0.05, 0.1) is 12.7 Å². The van der Waals surface area contributed by atoms with Gasteiger partial charge in [0.2, 0.25) is 0 Å². The van der Waals surface area contributed by atoms with E-state index in [1.165, 1.54) is 12.8 Å². The molecule has 4 heteroatoms. The maximum atomic E-state index is 13.6. The third-order valence-corrected chi connectivity index (χ3v) is 4.12. The highest BCUT2D eigenvalue weighted by Gasteiger charge is 2.26. The molecule has 0 spiro atoms. The summed E-state index contributed by atoms with van der Waals surface area (Å²) >= 11 is 0. The van der Waals surface area contributed by atoms with Gasteiger partial charge in [-0.1, -0.05) is 0 Å². The lowest BCUT2D eigenvalue weighted by atomic mass is 10.1. The SMILES string of the molecule is CC1CN(c2ccc(F)cc2CNC2CC2)C(C)CO1. The van der Waals surface area contributed by atoms with Crippen LogP contribution in [0.3, 0.4) is 0 Å². The minimum Gasteiger partial charge on any atom is -0.375 e. The summed E-state index contributed by atoms with van der Waals surface area (Å²) in [5.74, 6) is -0.157. The van der Waals surface area contributed by atoms with Gasteiger partial charge in [0.1, 0.15) is 5.82 Å². The molecule has 0 aromatic heterocycles. The van der Waals surface area contributed by atoms with Crippen LogP contribution < -0.4 is 10.2 Å². The van der Waals surface area contributed by atoms with E-state index in [2.05, 4.69) is 24.1 Å². The summed E-state index contributed by atoms with van der Waals surface area (Å²) < 4.78 is 19.2. The zero-order valence-electron chi connectivity index (χ0n) is 12.2. The summed E-state index contributed by atoms with van der Waals surface area (Å²) in [5.41, 5.74) is 2.19. The van der Waals surface area contributed by atoms with Crippen molar-refractivity contribution < 1.29 is 9.13 Å². The molecular formula is C16H23FN2O. The van der Waals surface area contributed by atoms with E-state index in [1.54, 1.807) is 12.1 Å². The molecule has 1 N–H and O–H groups in total. The highest BCUT2D eigenvalue weighted by molar-refractivity contribution is 5.55. The molecule has 110 valence electrons. The second-order valence-electron chi connectivity index (χ2n) is 6.07. The van der Waals surface area contributed by atoms with Crippen molar-refractivity contribution in [2.75, 3.05) is 18.1 Å². The van der Waals surface area contributed by atoms with Crippen molar-refractivity contribution >= 4 is 5.69 Å². The van der Waals surface area contributed by atoms with Gasteiger partial charge in [-0.25, -0.2) is 4.39 Å². The number of benzene rings is 1. The van der Waals surface area contributed by atoms with E-state index in [0.29, 0.717) is 12.1 Å². The summed E-state index contributed by atoms with van der Waals surface area (Å²) in [5, 5.41) is 3.48. The first-order chi connectivity index (χ1) is 9.63. The maximum Gasteiger partial charge on any atom is 0.123 e. The average Bonchev–Trinajstić information content (AvgIpc) is 3.24. The Kier molecular flexibility index (Phi) is 3.94. The first kappa shape index (κ1) is 13.8. The Morgan fingerprint density at radius 3 is 2.90 bits per heavy atom. The first-order valence-corrected chi connectivity index (χ1v) is 7.53. The predicted octanol–water partition coefficient (Wildman–Crippen LogP) is 2.69. The van der Waals surface area contributed by atoms with Crippen LogP contribution in [0.25, 0.3) is 0 Å². The Bertz CT molecular complexity index is 476. The molecule has 20 heavy (non-hydrogen) atoms. The Morgan fingerprint density at radius 2 is 2.15 bits per heavy atom. The second-order valence-corrected chi connectivity index (χ2v) is 6.07. The number of morpholine rings is 1. The molecule has 0 bridgehead atoms. The van der Waals surface area contributed by atoms with Crippen LogP contribution in [0.2, 0.25) is 0 Å². The van der Waals surface area contributed by atoms with Gasteiger partial charge in [-0.05, 0) is 50.5 Å². The number of ether oxygens (including phenoxy) is 1. The standard InChI is InChI=1S/C16H23FN2O/c1-11-10-20-12(2)9-19(11)16-6-3-14(17)7-13(16)8-18-15-4-5-15/h3,6-7,11-12,15,18H,4-5,8-10H2,1-2H3. The van der Waals surface area contributed by atoms with Crippen LogP contribution in [-0.2, 0) is 11.3 Å². The smallest absolute Gasteiger partial charge is 0.123 e. The van der Waals surface area contributed by atoms with Crippen molar-refractivity contribution in [1.29, 1.82) is 0 Å². The molecule has 1 aromatic rings. The van der Waals surface area contributed by atoms with Crippen LogP contribution in [0.4, 0.5) is 10.1 Å². The predicted molar refractivity (Wildman–Crippen MR) is 78.5 cm³/mol. The molecular weight excluding hydrogens is 255 g/mol. The van der Waals surface area contributed by atoms with Gasteiger partial charge in [0.15, 0.2) is 0 Å². The average molecular weight is 278 g/mol. The highest BCUT2D eigenvalue weighted by Crippen LogP contribution is 2.28. The molecule has 3 rings (SSSR count). The van der Waals surface area contributed by atoms with Gasteiger partial charge < -0.3 is 15.0 Å². The van der Waals surface area contributed by atoms with Crippen molar-refractivity contribution in [1.82, 2.24) is 5.32 Å². The Hall–Kier alpha value is -1.13. The van der Waals surface area contributed by atoms with Crippen LogP contribution in [0.1, 0.15) is 32.3 Å². The zero-order chi connectivity index (χ0) is 14.1. The Morgan fingerprint density at radius 1 is 1.35 bits per heavy atom. The topological polar surface area (TPSA) is 24.5 Å². The highest BCUT2D eigenvalue weighted by atomic mass is 19.1. The van der Waals surface area contributed by atoms with E-state index < -0.39 is 0 Å². The van der Waals surface area contributed by atoms with E-state index >= 15 is 0 Å². The number of hydrogen-bond donors (Lipinski definition) is 1. The molecule has 1 saturated carbocycles. The second kappa shape index (κ2) is 5.70. The number of hydrogen-bond acceptors (Lipinski definition) is 3. The first-order valence-electron chi connectivity index (χ1n) is 7.53. The molecule has 2 fully saturated rings. The maximum absolute atomic E-state index is 13.6. The summed E-state index contributed by atoms with van der Waals surface area (Å²) in [4.78, 5) is 2.34. The molecule has 3 nitrogen and oxygen atoms in total. The molecule has 1 saturated heterocycles. The number of halogens is 1. The monoisotopic (exact) mass is 278 g/mol. The minimum atomic E-state index is -0.157. The van der Waals surface area contributed by atoms with Gasteiger partial charge in [-0.15, -0.1) is 0 Å². The van der Waals surface area contributed by atoms with E-state index in [0.717, 1.165) is 30.9 Å². The lowest BCUT2D eigenvalue weighted by molar-refractivity contribution is 0.0343. The van der Waals surface area contributed by atoms with Gasteiger partial charge in [0.25, 0.3) is 0 Å². The van der Waals surface area contributed by atoms with E-state index in [1.807, 2.05) is 6.07 Å². The fourth-order valence-corrected chi connectivity index (χ4v) is 2.76. The molecule has 2 aliphatic rings. The van der Waals surface area contributed by atoms with E-state index in [-0.39, 0.29) is 11.9 Å². The van der Waals surface area contributed by atoms with E-state index in [9.17, 15) is 4.39 Å². The molecule has 1 aromatic carbocycles. The fourth-order valence-electron chi connectivity index (χ4n) is 2.76. The molecule has 0 radical (unpaired) electrons. The third kappa shape index (κ3) is 3.13. The molecule has 2 atom stereocenters. The van der Waals surface area contributed by atoms with E-state index in [4.69, 9.17) is 4.74 Å². The largest absolute Gasteiger partial charge is 0.375 e. The van der Waals surface area contributed by atoms with Gasteiger partial charge in [-0.3, -0.25) is 0 Å². The van der Waals surface area contributed by atoms with Crippen LogP contribution >= 0.6 is 0 Å². The summed E-state index contributed by atoms with van der Waals surface area (Å²) in [6, 6.07) is 6.09. The van der Waals surface area contributed by atoms with Crippen molar-refractivity contribution in [3.63, 3.8) is 0 Å².